The van der Waals surface area contributed by atoms with Crippen LogP contribution in [0.1, 0.15) is 36.2 Å². The summed E-state index contributed by atoms with van der Waals surface area (Å²) < 4.78 is 14.1. The van der Waals surface area contributed by atoms with Crippen molar-refractivity contribution >= 4 is 0 Å². The molecule has 27 heavy (non-hydrogen) atoms. The average Bonchev–Trinajstić information content (AvgIpc) is 2.96. The lowest BCUT2D eigenvalue weighted by Gasteiger charge is -2.53. The van der Waals surface area contributed by atoms with Crippen LogP contribution in [-0.2, 0) is 29.7 Å². The first-order valence-electron chi connectivity index (χ1n) is 9.94. The van der Waals surface area contributed by atoms with E-state index in [0.717, 1.165) is 57.8 Å². The van der Waals surface area contributed by atoms with Crippen LogP contribution >= 0.6 is 0 Å². The molecule has 4 rings (SSSR count). The Kier molecular flexibility index (Phi) is 5.57. The summed E-state index contributed by atoms with van der Waals surface area (Å²) in [5.41, 5.74) is 3.62. The van der Waals surface area contributed by atoms with E-state index < -0.39 is 0 Å². The zero-order valence-corrected chi connectivity index (χ0v) is 16.4. The van der Waals surface area contributed by atoms with Crippen molar-refractivity contribution in [2.75, 3.05) is 26.3 Å². The Morgan fingerprint density at radius 1 is 1.30 bits per heavy atom. The van der Waals surface area contributed by atoms with E-state index in [1.165, 1.54) is 11.3 Å². The van der Waals surface area contributed by atoms with Crippen LogP contribution in [0, 0.1) is 12.8 Å². The fraction of sp³-hybridized carbons (Fsp3) is 0.619. The first-order chi connectivity index (χ1) is 13.1. The lowest BCUT2D eigenvalue weighted by molar-refractivity contribution is -0.182. The minimum Gasteiger partial charge on any atom is -0.377 e. The number of aryl methyl sites for hydroxylation is 2. The molecule has 6 heteroatoms. The monoisotopic (exact) mass is 370 g/mol. The van der Waals surface area contributed by atoms with E-state index in [4.69, 9.17) is 9.47 Å². The molecule has 1 unspecified atom stereocenters. The normalized spacial score (nSPS) is 22.1. The molecule has 0 bridgehead atoms. The standard InChI is InChI=1S/C21H30N4O2/c1-17-11-20(24(2)23-17)13-25-15-21(16-25)12-18(6-10-27-21)5-9-26-14-19-3-7-22-8-4-19/h3-4,7-8,11,18H,5-6,9-10,12-16H2,1-2H3. The van der Waals surface area contributed by atoms with Crippen molar-refractivity contribution in [2.45, 2.75) is 44.9 Å². The molecule has 2 fully saturated rings. The quantitative estimate of drug-likeness (QED) is 0.702. The van der Waals surface area contributed by atoms with Crippen LogP contribution in [0.3, 0.4) is 0 Å². The molecule has 1 atom stereocenters. The Morgan fingerprint density at radius 3 is 2.85 bits per heavy atom. The van der Waals surface area contributed by atoms with Crippen molar-refractivity contribution in [3.63, 3.8) is 0 Å². The van der Waals surface area contributed by atoms with Crippen molar-refractivity contribution in [3.8, 4) is 0 Å². The molecule has 0 aromatic carbocycles. The largest absolute Gasteiger partial charge is 0.377 e. The van der Waals surface area contributed by atoms with Crippen LogP contribution < -0.4 is 0 Å². The molecule has 1 spiro atoms. The molecule has 4 heterocycles. The highest BCUT2D eigenvalue weighted by Gasteiger charge is 2.47. The van der Waals surface area contributed by atoms with Gasteiger partial charge in [0.25, 0.3) is 0 Å². The van der Waals surface area contributed by atoms with Gasteiger partial charge >= 0.3 is 0 Å². The minimum absolute atomic E-state index is 0.0711. The van der Waals surface area contributed by atoms with E-state index in [9.17, 15) is 0 Å². The molecule has 0 aliphatic carbocycles. The van der Waals surface area contributed by atoms with E-state index in [1.54, 1.807) is 0 Å². The number of hydrogen-bond donors (Lipinski definition) is 0. The molecule has 6 nitrogen and oxygen atoms in total. The molecule has 2 saturated heterocycles. The lowest BCUT2D eigenvalue weighted by atomic mass is 9.79. The third-order valence-corrected chi connectivity index (χ3v) is 5.79. The van der Waals surface area contributed by atoms with Crippen molar-refractivity contribution in [3.05, 3.63) is 47.5 Å². The number of likely N-dealkylation sites (tertiary alicyclic amines) is 1. The molecule has 0 radical (unpaired) electrons. The van der Waals surface area contributed by atoms with Crippen molar-refractivity contribution in [1.29, 1.82) is 0 Å². The van der Waals surface area contributed by atoms with Crippen LogP contribution in [0.15, 0.2) is 30.6 Å². The van der Waals surface area contributed by atoms with Gasteiger partial charge in [-0.1, -0.05) is 0 Å². The minimum atomic E-state index is 0.0711. The number of ether oxygens (including phenoxy) is 2. The first kappa shape index (κ1) is 18.6. The molecule has 0 saturated carbocycles. The van der Waals surface area contributed by atoms with Gasteiger partial charge in [-0.05, 0) is 55.9 Å². The van der Waals surface area contributed by atoms with Gasteiger partial charge in [0.05, 0.1) is 23.6 Å². The Bertz CT molecular complexity index is 740. The summed E-state index contributed by atoms with van der Waals surface area (Å²) in [6, 6.07) is 6.20. The predicted octanol–water partition coefficient (Wildman–Crippen LogP) is 2.71. The molecule has 0 amide bonds. The van der Waals surface area contributed by atoms with E-state index >= 15 is 0 Å². The second kappa shape index (κ2) is 8.09. The number of rotatable bonds is 7. The molecule has 2 aliphatic rings. The third kappa shape index (κ3) is 4.57. The summed E-state index contributed by atoms with van der Waals surface area (Å²) in [4.78, 5) is 6.51. The van der Waals surface area contributed by atoms with Gasteiger partial charge in [-0.25, -0.2) is 0 Å². The smallest absolute Gasteiger partial charge is 0.0937 e. The van der Waals surface area contributed by atoms with Crippen molar-refractivity contribution in [2.24, 2.45) is 13.0 Å². The molecule has 2 aromatic rings. The zero-order valence-electron chi connectivity index (χ0n) is 16.4. The van der Waals surface area contributed by atoms with Crippen LogP contribution in [0.4, 0.5) is 0 Å². The summed E-state index contributed by atoms with van der Waals surface area (Å²) in [6.45, 7) is 7.45. The van der Waals surface area contributed by atoms with E-state index in [1.807, 2.05) is 43.2 Å². The van der Waals surface area contributed by atoms with Gasteiger partial charge in [0.15, 0.2) is 0 Å². The maximum absolute atomic E-state index is 6.20. The topological polar surface area (TPSA) is 52.4 Å². The lowest BCUT2D eigenvalue weighted by Crippen LogP contribution is -2.64. The highest BCUT2D eigenvalue weighted by atomic mass is 16.5. The summed E-state index contributed by atoms with van der Waals surface area (Å²) in [7, 11) is 2.02. The van der Waals surface area contributed by atoms with E-state index in [0.29, 0.717) is 12.5 Å². The van der Waals surface area contributed by atoms with Gasteiger partial charge in [-0.15, -0.1) is 0 Å². The molecular weight excluding hydrogens is 340 g/mol. The molecule has 146 valence electrons. The summed E-state index contributed by atoms with van der Waals surface area (Å²) >= 11 is 0. The summed E-state index contributed by atoms with van der Waals surface area (Å²) in [6.07, 6.45) is 7.07. The highest BCUT2D eigenvalue weighted by Crippen LogP contribution is 2.38. The summed E-state index contributed by atoms with van der Waals surface area (Å²) in [5.74, 6) is 0.706. The van der Waals surface area contributed by atoms with Gasteiger partial charge in [-0.2, -0.15) is 5.10 Å². The van der Waals surface area contributed by atoms with E-state index in [2.05, 4.69) is 21.0 Å². The van der Waals surface area contributed by atoms with Crippen LogP contribution in [0.2, 0.25) is 0 Å². The Morgan fingerprint density at radius 2 is 2.11 bits per heavy atom. The van der Waals surface area contributed by atoms with Crippen LogP contribution in [-0.4, -0.2) is 51.6 Å². The van der Waals surface area contributed by atoms with Gasteiger partial charge in [0.1, 0.15) is 0 Å². The summed E-state index contributed by atoms with van der Waals surface area (Å²) in [5, 5.41) is 4.44. The average molecular weight is 370 g/mol. The maximum atomic E-state index is 6.20. The number of pyridine rings is 1. The van der Waals surface area contributed by atoms with Crippen molar-refractivity contribution in [1.82, 2.24) is 19.7 Å². The fourth-order valence-corrected chi connectivity index (χ4v) is 4.44. The number of aromatic nitrogens is 3. The molecule has 2 aliphatic heterocycles. The Labute approximate surface area is 161 Å². The van der Waals surface area contributed by atoms with Gasteiger partial charge in [-0.3, -0.25) is 14.6 Å². The van der Waals surface area contributed by atoms with Gasteiger partial charge < -0.3 is 9.47 Å². The Hall–Kier alpha value is -1.76. The highest BCUT2D eigenvalue weighted by molar-refractivity contribution is 5.11. The van der Waals surface area contributed by atoms with Crippen LogP contribution in [0.25, 0.3) is 0 Å². The van der Waals surface area contributed by atoms with Crippen molar-refractivity contribution < 1.29 is 9.47 Å². The number of nitrogens with zero attached hydrogens (tertiary/aromatic N) is 4. The fourth-order valence-electron chi connectivity index (χ4n) is 4.44. The first-order valence-corrected chi connectivity index (χ1v) is 9.94. The molecule has 2 aromatic heterocycles. The third-order valence-electron chi connectivity index (χ3n) is 5.79. The van der Waals surface area contributed by atoms with Crippen LogP contribution in [0.5, 0.6) is 0 Å². The van der Waals surface area contributed by atoms with Gasteiger partial charge in [0, 0.05) is 52.3 Å². The maximum Gasteiger partial charge on any atom is 0.0937 e. The molecule has 0 N–H and O–H groups in total. The SMILES string of the molecule is Cc1cc(CN2CC3(CC(CCOCc4ccncc4)CCO3)C2)n(C)n1. The molecular formula is C21H30N4O2. The van der Waals surface area contributed by atoms with Gasteiger partial charge in [0.2, 0.25) is 0 Å². The second-order valence-corrected chi connectivity index (χ2v) is 8.13. The predicted molar refractivity (Wildman–Crippen MR) is 103 cm³/mol. The number of hydrogen-bond acceptors (Lipinski definition) is 5. The second-order valence-electron chi connectivity index (χ2n) is 8.13. The van der Waals surface area contributed by atoms with E-state index in [-0.39, 0.29) is 5.60 Å². The Balaban J connectivity index is 1.19. The zero-order chi connectivity index (χ0) is 18.7.